The van der Waals surface area contributed by atoms with E-state index in [2.05, 4.69) is 0 Å². The monoisotopic (exact) mass is 493 g/mol. The lowest BCUT2D eigenvalue weighted by molar-refractivity contribution is -0.137. The van der Waals surface area contributed by atoms with Crippen LogP contribution in [0, 0.1) is 22.7 Å². The summed E-state index contributed by atoms with van der Waals surface area (Å²) in [5.74, 6) is 0.133. The van der Waals surface area contributed by atoms with Gasteiger partial charge < -0.3 is 19.3 Å². The molecular formula is C24H26F3N3O3S. The summed E-state index contributed by atoms with van der Waals surface area (Å²) in [5.41, 5.74) is -1.31. The van der Waals surface area contributed by atoms with Gasteiger partial charge in [-0.05, 0) is 42.0 Å². The van der Waals surface area contributed by atoms with E-state index in [1.54, 1.807) is 25.3 Å². The summed E-state index contributed by atoms with van der Waals surface area (Å²) in [6.45, 7) is 3.32. The zero-order chi connectivity index (χ0) is 24.3. The normalized spacial score (nSPS) is 22.5. The Labute approximate surface area is 200 Å². The van der Waals surface area contributed by atoms with Crippen LogP contribution in [0.1, 0.15) is 27.2 Å². The number of rotatable bonds is 7. The third kappa shape index (κ3) is 4.92. The first kappa shape index (κ1) is 24.5. The number of hydrogen-bond acceptors (Lipinski definition) is 6. The minimum Gasteiger partial charge on any atom is -0.382 e. The molecule has 2 aromatic rings. The fraction of sp³-hybridized carbons (Fsp3) is 0.500. The number of carbonyl (C=O) groups is 1. The molecule has 0 saturated carbocycles. The molecule has 3 heterocycles. The molecule has 4 rings (SSSR count). The average molecular weight is 494 g/mol. The maximum atomic E-state index is 13.5. The topological polar surface area (TPSA) is 65.8 Å². The highest BCUT2D eigenvalue weighted by atomic mass is 32.1. The number of likely N-dealkylation sites (tertiary alicyclic amines) is 1. The number of piperidine rings is 1. The Morgan fingerprint density at radius 1 is 1.29 bits per heavy atom. The van der Waals surface area contributed by atoms with Crippen molar-refractivity contribution in [1.29, 1.82) is 5.26 Å². The highest BCUT2D eigenvalue weighted by molar-refractivity contribution is 7.12. The van der Waals surface area contributed by atoms with Crippen LogP contribution in [-0.4, -0.2) is 63.9 Å². The molecule has 2 saturated heterocycles. The minimum atomic E-state index is -4.61. The molecule has 0 aliphatic carbocycles. The van der Waals surface area contributed by atoms with Crippen molar-refractivity contribution in [3.05, 3.63) is 51.7 Å². The van der Waals surface area contributed by atoms with Crippen LogP contribution in [0.2, 0.25) is 0 Å². The average Bonchev–Trinajstić information content (AvgIpc) is 3.48. The van der Waals surface area contributed by atoms with Gasteiger partial charge in [-0.25, -0.2) is 0 Å². The van der Waals surface area contributed by atoms with E-state index in [4.69, 9.17) is 14.7 Å². The number of nitriles is 1. The number of thiophene rings is 1. The number of alkyl halides is 3. The van der Waals surface area contributed by atoms with E-state index in [1.165, 1.54) is 17.4 Å². The highest BCUT2D eigenvalue weighted by Crippen LogP contribution is 2.45. The lowest BCUT2D eigenvalue weighted by Crippen LogP contribution is -2.53. The zero-order valence-corrected chi connectivity index (χ0v) is 19.6. The SMILES string of the molecule is COCCOC[C@@]12CN(C(=O)c3cccs3)CC[C@@H]1CN(c1ccc(C#N)c(C(F)(F)F)c1)C2. The third-order valence-corrected chi connectivity index (χ3v) is 7.56. The highest BCUT2D eigenvalue weighted by Gasteiger charge is 2.51. The molecule has 10 heteroatoms. The summed E-state index contributed by atoms with van der Waals surface area (Å²) in [6.07, 6.45) is -3.87. The number of carbonyl (C=O) groups excluding carboxylic acids is 1. The van der Waals surface area contributed by atoms with Crippen molar-refractivity contribution < 1.29 is 27.4 Å². The van der Waals surface area contributed by atoms with Crippen LogP contribution >= 0.6 is 11.3 Å². The number of methoxy groups -OCH3 is 1. The number of nitrogens with zero attached hydrogens (tertiary/aromatic N) is 3. The van der Waals surface area contributed by atoms with Gasteiger partial charge in [0.1, 0.15) is 0 Å². The molecule has 0 spiro atoms. The smallest absolute Gasteiger partial charge is 0.382 e. The second-order valence-electron chi connectivity index (χ2n) is 8.82. The van der Waals surface area contributed by atoms with Gasteiger partial charge in [-0.2, -0.15) is 18.4 Å². The summed E-state index contributed by atoms with van der Waals surface area (Å²) in [4.78, 5) is 17.5. The lowest BCUT2D eigenvalue weighted by Gasteiger charge is -2.43. The van der Waals surface area contributed by atoms with Crippen LogP contribution in [0.5, 0.6) is 0 Å². The van der Waals surface area contributed by atoms with Crippen LogP contribution in [0.3, 0.4) is 0 Å². The molecule has 0 bridgehead atoms. The van der Waals surface area contributed by atoms with Crippen LogP contribution < -0.4 is 4.90 Å². The molecule has 0 radical (unpaired) electrons. The maximum absolute atomic E-state index is 13.5. The number of fused-ring (bicyclic) bond motifs is 1. The van der Waals surface area contributed by atoms with Gasteiger partial charge in [0, 0.05) is 44.4 Å². The van der Waals surface area contributed by atoms with Gasteiger partial charge >= 0.3 is 6.18 Å². The molecule has 182 valence electrons. The molecule has 2 aliphatic heterocycles. The first-order valence-electron chi connectivity index (χ1n) is 11.0. The second kappa shape index (κ2) is 9.94. The van der Waals surface area contributed by atoms with Crippen LogP contribution in [0.4, 0.5) is 18.9 Å². The predicted molar refractivity (Wildman–Crippen MR) is 122 cm³/mol. The summed E-state index contributed by atoms with van der Waals surface area (Å²) < 4.78 is 51.6. The van der Waals surface area contributed by atoms with E-state index >= 15 is 0 Å². The fourth-order valence-corrected chi connectivity index (χ4v) is 5.69. The van der Waals surface area contributed by atoms with Crippen LogP contribution in [-0.2, 0) is 15.7 Å². The van der Waals surface area contributed by atoms with Gasteiger partial charge in [0.25, 0.3) is 5.91 Å². The summed E-state index contributed by atoms with van der Waals surface area (Å²) in [5, 5.41) is 11.0. The summed E-state index contributed by atoms with van der Waals surface area (Å²) >= 11 is 1.40. The Balaban J connectivity index is 1.60. The Hall–Kier alpha value is -2.61. The van der Waals surface area contributed by atoms with Crippen molar-refractivity contribution in [1.82, 2.24) is 4.90 Å². The van der Waals surface area contributed by atoms with E-state index in [1.807, 2.05) is 21.2 Å². The van der Waals surface area contributed by atoms with Gasteiger partial charge in [0.05, 0.1) is 41.9 Å². The van der Waals surface area contributed by atoms with Crippen molar-refractivity contribution in [3.8, 4) is 6.07 Å². The molecule has 0 N–H and O–H groups in total. The minimum absolute atomic E-state index is 0.0269. The Morgan fingerprint density at radius 3 is 2.79 bits per heavy atom. The van der Waals surface area contributed by atoms with Gasteiger partial charge in [-0.3, -0.25) is 4.79 Å². The number of amides is 1. The Bertz CT molecular complexity index is 1050. The molecule has 2 fully saturated rings. The lowest BCUT2D eigenvalue weighted by atomic mass is 9.74. The largest absolute Gasteiger partial charge is 0.417 e. The molecule has 6 nitrogen and oxygen atoms in total. The van der Waals surface area contributed by atoms with Gasteiger partial charge in [-0.1, -0.05) is 6.07 Å². The summed E-state index contributed by atoms with van der Waals surface area (Å²) in [7, 11) is 1.59. The van der Waals surface area contributed by atoms with Crippen molar-refractivity contribution in [2.24, 2.45) is 11.3 Å². The molecule has 1 aromatic heterocycles. The third-order valence-electron chi connectivity index (χ3n) is 6.70. The molecule has 0 unspecified atom stereocenters. The van der Waals surface area contributed by atoms with Gasteiger partial charge in [0.15, 0.2) is 0 Å². The molecule has 2 atom stereocenters. The van der Waals surface area contributed by atoms with Crippen molar-refractivity contribution in [3.63, 3.8) is 0 Å². The maximum Gasteiger partial charge on any atom is 0.417 e. The molecular weight excluding hydrogens is 467 g/mol. The fourth-order valence-electron chi connectivity index (χ4n) is 4.99. The number of hydrogen-bond donors (Lipinski definition) is 0. The standard InChI is InChI=1S/C24H26F3N3O3S/c1-32-8-9-33-16-23-14-29(22(31)21-3-2-10-34-21)7-6-18(23)13-30(15-23)19-5-4-17(12-28)20(11-19)24(25,26)27/h2-5,10-11,18H,6-9,13-16H2,1H3/t18-,23+/m1/s1. The van der Waals surface area contributed by atoms with E-state index in [0.717, 1.165) is 12.5 Å². The zero-order valence-electron chi connectivity index (χ0n) is 18.8. The Kier molecular flexibility index (Phi) is 7.17. The van der Waals surface area contributed by atoms with E-state index in [0.29, 0.717) is 56.6 Å². The molecule has 1 amide bonds. The molecule has 2 aliphatic rings. The first-order chi connectivity index (χ1) is 16.3. The van der Waals surface area contributed by atoms with Crippen LogP contribution in [0.15, 0.2) is 35.7 Å². The number of anilines is 1. The van der Waals surface area contributed by atoms with Gasteiger partial charge in [-0.15, -0.1) is 11.3 Å². The van der Waals surface area contributed by atoms with E-state index < -0.39 is 22.7 Å². The number of ether oxygens (including phenoxy) is 2. The predicted octanol–water partition coefficient (Wildman–Crippen LogP) is 4.27. The van der Waals surface area contributed by atoms with Crippen molar-refractivity contribution >= 4 is 22.9 Å². The molecule has 1 aromatic carbocycles. The quantitative estimate of drug-likeness (QED) is 0.539. The second-order valence-corrected chi connectivity index (χ2v) is 9.77. The van der Waals surface area contributed by atoms with Gasteiger partial charge in [0.2, 0.25) is 0 Å². The Morgan fingerprint density at radius 2 is 2.12 bits per heavy atom. The first-order valence-corrected chi connectivity index (χ1v) is 11.9. The number of halogens is 3. The molecule has 34 heavy (non-hydrogen) atoms. The summed E-state index contributed by atoms with van der Waals surface area (Å²) in [6, 6.07) is 9.14. The van der Waals surface area contributed by atoms with E-state index in [9.17, 15) is 18.0 Å². The van der Waals surface area contributed by atoms with E-state index in [-0.39, 0.29) is 11.8 Å². The van der Waals surface area contributed by atoms with Crippen LogP contribution in [0.25, 0.3) is 0 Å². The number of benzene rings is 1. The van der Waals surface area contributed by atoms with Crippen molar-refractivity contribution in [2.45, 2.75) is 12.6 Å². The van der Waals surface area contributed by atoms with Crippen molar-refractivity contribution in [2.75, 3.05) is 58.0 Å².